The zero-order chi connectivity index (χ0) is 25.8. The van der Waals surface area contributed by atoms with Crippen LogP contribution in [0.4, 0.5) is 13.2 Å². The van der Waals surface area contributed by atoms with Crippen LogP contribution in [0.2, 0.25) is 0 Å². The highest BCUT2D eigenvalue weighted by Gasteiger charge is 2.21. The molecular weight excluding hydrogens is 465 g/mol. The van der Waals surface area contributed by atoms with Crippen molar-refractivity contribution in [1.29, 1.82) is 0 Å². The summed E-state index contributed by atoms with van der Waals surface area (Å²) in [6.07, 6.45) is 17.3. The lowest BCUT2D eigenvalue weighted by Crippen LogP contribution is -2.20. The van der Waals surface area contributed by atoms with Gasteiger partial charge in [-0.1, -0.05) is 77.6 Å². The maximum Gasteiger partial charge on any atom is 0.343 e. The summed E-state index contributed by atoms with van der Waals surface area (Å²) in [4.78, 5) is 12.2. The lowest BCUT2D eigenvalue weighted by atomic mass is 9.80. The van der Waals surface area contributed by atoms with E-state index in [1.807, 2.05) is 0 Å². The van der Waals surface area contributed by atoms with Gasteiger partial charge in [0.25, 0.3) is 0 Å². The van der Waals surface area contributed by atoms with Crippen LogP contribution in [0.5, 0.6) is 11.5 Å². The number of halogens is 3. The Balaban J connectivity index is 1.31. The molecule has 0 bridgehead atoms. The van der Waals surface area contributed by atoms with Gasteiger partial charge < -0.3 is 9.47 Å². The van der Waals surface area contributed by atoms with Gasteiger partial charge in [0.1, 0.15) is 11.5 Å². The van der Waals surface area contributed by atoms with E-state index in [0.717, 1.165) is 5.92 Å². The van der Waals surface area contributed by atoms with Crippen molar-refractivity contribution in [3.63, 3.8) is 0 Å². The van der Waals surface area contributed by atoms with Gasteiger partial charge in [-0.3, -0.25) is 0 Å². The van der Waals surface area contributed by atoms with E-state index >= 15 is 0 Å². The summed E-state index contributed by atoms with van der Waals surface area (Å²) in [5.41, 5.74) is 0.203. The highest BCUT2D eigenvalue weighted by molar-refractivity contribution is 5.91. The smallest absolute Gasteiger partial charge is 0.343 e. The van der Waals surface area contributed by atoms with Gasteiger partial charge in [-0.25, -0.2) is 18.0 Å². The molecule has 0 heterocycles. The van der Waals surface area contributed by atoms with Crippen molar-refractivity contribution in [2.24, 2.45) is 11.8 Å². The quantitative estimate of drug-likeness (QED) is 0.111. The average molecular weight is 505 g/mol. The van der Waals surface area contributed by atoms with Crippen LogP contribution >= 0.6 is 0 Å². The van der Waals surface area contributed by atoms with E-state index in [1.165, 1.54) is 95.6 Å². The lowest BCUT2D eigenvalue weighted by molar-refractivity contribution is 0.0733. The summed E-state index contributed by atoms with van der Waals surface area (Å²) in [5.74, 6) is -3.55. The van der Waals surface area contributed by atoms with E-state index in [9.17, 15) is 18.0 Å². The molecule has 198 valence electrons. The van der Waals surface area contributed by atoms with Crippen LogP contribution in [0, 0.1) is 29.3 Å². The molecule has 0 atom stereocenters. The van der Waals surface area contributed by atoms with Gasteiger partial charge in [0.2, 0.25) is 0 Å². The van der Waals surface area contributed by atoms with E-state index in [0.29, 0.717) is 30.4 Å². The molecule has 1 fully saturated rings. The second-order valence-electron chi connectivity index (χ2n) is 10.1. The summed E-state index contributed by atoms with van der Waals surface area (Å²) < 4.78 is 50.6. The highest BCUT2D eigenvalue weighted by atomic mass is 19.2. The number of carbonyl (C=O) groups is 1. The van der Waals surface area contributed by atoms with Crippen LogP contribution in [0.15, 0.2) is 36.4 Å². The SMILES string of the molecule is CCCCCCCCCCC1CCC(COc2ccc(C(=O)Oc3cc(F)c(F)c(F)c3)cc2)CC1. The number of carbonyl (C=O) groups excluding carboxylic acids is 1. The van der Waals surface area contributed by atoms with Crippen LogP contribution in [0.25, 0.3) is 0 Å². The van der Waals surface area contributed by atoms with Crippen LogP contribution < -0.4 is 9.47 Å². The molecule has 0 amide bonds. The first-order valence-corrected chi connectivity index (χ1v) is 13.6. The van der Waals surface area contributed by atoms with E-state index < -0.39 is 29.2 Å². The summed E-state index contributed by atoms with van der Waals surface area (Å²) in [5, 5.41) is 0. The number of esters is 1. The molecule has 2 aromatic carbocycles. The molecule has 0 saturated heterocycles. The Morgan fingerprint density at radius 1 is 0.778 bits per heavy atom. The number of hydrogen-bond donors (Lipinski definition) is 0. The zero-order valence-corrected chi connectivity index (χ0v) is 21.4. The summed E-state index contributed by atoms with van der Waals surface area (Å²) in [6.45, 7) is 2.91. The van der Waals surface area contributed by atoms with Crippen molar-refractivity contribution >= 4 is 5.97 Å². The van der Waals surface area contributed by atoms with Gasteiger partial charge in [0.15, 0.2) is 17.5 Å². The summed E-state index contributed by atoms with van der Waals surface area (Å²) in [6, 6.07) is 7.70. The van der Waals surface area contributed by atoms with Gasteiger partial charge in [0.05, 0.1) is 12.2 Å². The van der Waals surface area contributed by atoms with E-state index in [1.54, 1.807) is 12.1 Å². The normalized spacial score (nSPS) is 17.7. The Bertz CT molecular complexity index is 914. The molecule has 36 heavy (non-hydrogen) atoms. The summed E-state index contributed by atoms with van der Waals surface area (Å²) >= 11 is 0. The van der Waals surface area contributed by atoms with Gasteiger partial charge in [-0.05, 0) is 48.9 Å². The molecule has 0 aliphatic heterocycles. The van der Waals surface area contributed by atoms with Gasteiger partial charge in [-0.15, -0.1) is 0 Å². The molecular formula is C30H39F3O3. The number of unbranched alkanes of at least 4 members (excludes halogenated alkanes) is 7. The first kappa shape index (κ1) is 28.1. The second kappa shape index (κ2) is 14.9. The third-order valence-electron chi connectivity index (χ3n) is 7.18. The Kier molecular flexibility index (Phi) is 11.6. The van der Waals surface area contributed by atoms with E-state index in [-0.39, 0.29) is 5.56 Å². The average Bonchev–Trinajstić information content (AvgIpc) is 2.88. The Morgan fingerprint density at radius 3 is 1.94 bits per heavy atom. The van der Waals surface area contributed by atoms with Gasteiger partial charge >= 0.3 is 5.97 Å². The molecule has 6 heteroatoms. The highest BCUT2D eigenvalue weighted by Crippen LogP contribution is 2.32. The molecule has 1 aliphatic carbocycles. The Hall–Kier alpha value is -2.50. The fourth-order valence-corrected chi connectivity index (χ4v) is 4.91. The van der Waals surface area contributed by atoms with Crippen molar-refractivity contribution in [2.45, 2.75) is 90.4 Å². The Morgan fingerprint density at radius 2 is 1.33 bits per heavy atom. The van der Waals surface area contributed by atoms with Crippen molar-refractivity contribution in [3.8, 4) is 11.5 Å². The van der Waals surface area contributed by atoms with Crippen molar-refractivity contribution in [1.82, 2.24) is 0 Å². The maximum atomic E-state index is 13.3. The number of ether oxygens (including phenoxy) is 2. The van der Waals surface area contributed by atoms with Crippen molar-refractivity contribution < 1.29 is 27.4 Å². The molecule has 1 saturated carbocycles. The predicted octanol–water partition coefficient (Wildman–Crippen LogP) is 9.04. The van der Waals surface area contributed by atoms with E-state index in [2.05, 4.69) is 6.92 Å². The molecule has 0 spiro atoms. The minimum absolute atomic E-state index is 0.203. The molecule has 1 aliphatic rings. The minimum atomic E-state index is -1.60. The predicted molar refractivity (Wildman–Crippen MR) is 136 cm³/mol. The standard InChI is InChI=1S/C30H39F3O3/c1-2-3-4-5-6-7-8-9-10-22-11-13-23(14-12-22)21-35-25-17-15-24(16-18-25)30(34)36-26-19-27(31)29(33)28(32)20-26/h15-20,22-23H,2-14,21H2,1H3. The minimum Gasteiger partial charge on any atom is -0.493 e. The molecule has 0 radical (unpaired) electrons. The van der Waals surface area contributed by atoms with Crippen LogP contribution in [-0.4, -0.2) is 12.6 Å². The lowest BCUT2D eigenvalue weighted by Gasteiger charge is -2.28. The first-order chi connectivity index (χ1) is 17.5. The monoisotopic (exact) mass is 504 g/mol. The molecule has 0 unspecified atom stereocenters. The van der Waals surface area contributed by atoms with Crippen molar-refractivity contribution in [2.75, 3.05) is 6.61 Å². The second-order valence-corrected chi connectivity index (χ2v) is 10.1. The van der Waals surface area contributed by atoms with Gasteiger partial charge in [-0.2, -0.15) is 0 Å². The van der Waals surface area contributed by atoms with Crippen LogP contribution in [0.1, 0.15) is 101 Å². The molecule has 3 rings (SSSR count). The third kappa shape index (κ3) is 9.18. The first-order valence-electron chi connectivity index (χ1n) is 13.6. The number of hydrogen-bond acceptors (Lipinski definition) is 3. The fraction of sp³-hybridized carbons (Fsp3) is 0.567. The molecule has 0 aromatic heterocycles. The topological polar surface area (TPSA) is 35.5 Å². The fourth-order valence-electron chi connectivity index (χ4n) is 4.91. The largest absolute Gasteiger partial charge is 0.493 e. The third-order valence-corrected chi connectivity index (χ3v) is 7.18. The molecule has 0 N–H and O–H groups in total. The van der Waals surface area contributed by atoms with Crippen LogP contribution in [-0.2, 0) is 0 Å². The number of rotatable bonds is 14. The van der Waals surface area contributed by atoms with Crippen LogP contribution in [0.3, 0.4) is 0 Å². The summed E-state index contributed by atoms with van der Waals surface area (Å²) in [7, 11) is 0. The zero-order valence-electron chi connectivity index (χ0n) is 21.4. The van der Waals surface area contributed by atoms with Gasteiger partial charge in [0, 0.05) is 12.1 Å². The Labute approximate surface area is 213 Å². The maximum absolute atomic E-state index is 13.3. The van der Waals surface area contributed by atoms with Crippen molar-refractivity contribution in [3.05, 3.63) is 59.4 Å². The van der Waals surface area contributed by atoms with E-state index in [4.69, 9.17) is 9.47 Å². The molecule has 2 aromatic rings. The number of benzene rings is 2. The molecule has 3 nitrogen and oxygen atoms in total.